The molecule has 1 fully saturated rings. The van der Waals surface area contributed by atoms with Crippen LogP contribution >= 0.6 is 0 Å². The summed E-state index contributed by atoms with van der Waals surface area (Å²) in [5.74, 6) is 0.927. The Labute approximate surface area is 109 Å². The van der Waals surface area contributed by atoms with Gasteiger partial charge in [-0.05, 0) is 45.7 Å². The zero-order valence-corrected chi connectivity index (χ0v) is 11.5. The lowest BCUT2D eigenvalue weighted by Gasteiger charge is -2.33. The summed E-state index contributed by atoms with van der Waals surface area (Å²) in [6, 6.07) is 8.66. The molecular weight excluding hydrogens is 226 g/mol. The van der Waals surface area contributed by atoms with Crippen LogP contribution in [0.2, 0.25) is 0 Å². The van der Waals surface area contributed by atoms with Gasteiger partial charge in [0.15, 0.2) is 0 Å². The molecule has 0 saturated carbocycles. The third-order valence-electron chi connectivity index (χ3n) is 3.21. The first-order valence-corrected chi connectivity index (χ1v) is 6.82. The van der Waals surface area contributed by atoms with Crippen molar-refractivity contribution < 1.29 is 9.47 Å². The molecule has 3 heteroatoms. The molecule has 0 spiro atoms. The normalized spacial score (nSPS) is 27.8. The van der Waals surface area contributed by atoms with Crippen molar-refractivity contribution in [2.24, 2.45) is 0 Å². The molecule has 100 valence electrons. The first-order chi connectivity index (χ1) is 8.67. The van der Waals surface area contributed by atoms with Crippen LogP contribution in [0.15, 0.2) is 24.3 Å². The number of nitrogens with one attached hydrogen (secondary N) is 1. The van der Waals surface area contributed by atoms with E-state index in [2.05, 4.69) is 31.3 Å². The molecule has 0 aromatic heterocycles. The molecule has 0 radical (unpaired) electrons. The van der Waals surface area contributed by atoms with Crippen LogP contribution in [0.4, 0.5) is 5.69 Å². The molecule has 2 rings (SSSR count). The zero-order chi connectivity index (χ0) is 13.0. The second-order valence-corrected chi connectivity index (χ2v) is 5.03. The highest BCUT2D eigenvalue weighted by molar-refractivity contribution is 5.48. The molecule has 18 heavy (non-hydrogen) atoms. The number of hydrogen-bond acceptors (Lipinski definition) is 3. The topological polar surface area (TPSA) is 30.5 Å². The van der Waals surface area contributed by atoms with Crippen LogP contribution in [0, 0.1) is 0 Å². The van der Waals surface area contributed by atoms with Gasteiger partial charge in [-0.3, -0.25) is 0 Å². The average molecular weight is 249 g/mol. The van der Waals surface area contributed by atoms with Crippen LogP contribution in [0.3, 0.4) is 0 Å². The van der Waals surface area contributed by atoms with Gasteiger partial charge in [0.2, 0.25) is 0 Å². The highest BCUT2D eigenvalue weighted by Crippen LogP contribution is 2.24. The number of anilines is 1. The van der Waals surface area contributed by atoms with E-state index < -0.39 is 0 Å². The van der Waals surface area contributed by atoms with Gasteiger partial charge >= 0.3 is 0 Å². The van der Waals surface area contributed by atoms with E-state index in [0.29, 0.717) is 24.9 Å². The van der Waals surface area contributed by atoms with Gasteiger partial charge in [0.05, 0.1) is 18.8 Å². The Kier molecular flexibility index (Phi) is 4.48. The van der Waals surface area contributed by atoms with Gasteiger partial charge in [-0.1, -0.05) is 6.07 Å². The van der Waals surface area contributed by atoms with Crippen LogP contribution in [0.25, 0.3) is 0 Å². The van der Waals surface area contributed by atoms with E-state index in [-0.39, 0.29) is 0 Å². The van der Waals surface area contributed by atoms with Crippen molar-refractivity contribution in [1.82, 2.24) is 0 Å². The molecule has 2 unspecified atom stereocenters. The standard InChI is InChI=1S/C15H23NO2/c1-4-17-15-7-5-6-13(10-15)16-14-8-11(2)18-12(3)9-14/h5-7,10-12,14,16H,4,8-9H2,1-3H3. The molecule has 2 atom stereocenters. The molecule has 1 aliphatic heterocycles. The smallest absolute Gasteiger partial charge is 0.121 e. The maximum absolute atomic E-state index is 5.75. The second kappa shape index (κ2) is 6.10. The minimum Gasteiger partial charge on any atom is -0.494 e. The Balaban J connectivity index is 1.97. The molecule has 3 nitrogen and oxygen atoms in total. The first kappa shape index (κ1) is 13.2. The average Bonchev–Trinajstić information content (AvgIpc) is 2.28. The highest BCUT2D eigenvalue weighted by Gasteiger charge is 2.24. The van der Waals surface area contributed by atoms with E-state index in [1.165, 1.54) is 0 Å². The Bertz CT molecular complexity index is 371. The first-order valence-electron chi connectivity index (χ1n) is 6.82. The lowest BCUT2D eigenvalue weighted by molar-refractivity contribution is -0.0337. The van der Waals surface area contributed by atoms with Gasteiger partial charge in [-0.2, -0.15) is 0 Å². The van der Waals surface area contributed by atoms with E-state index in [0.717, 1.165) is 24.3 Å². The van der Waals surface area contributed by atoms with E-state index in [1.807, 2.05) is 19.1 Å². The van der Waals surface area contributed by atoms with Crippen LogP contribution in [-0.2, 0) is 4.74 Å². The van der Waals surface area contributed by atoms with Crippen LogP contribution < -0.4 is 10.1 Å². The molecule has 0 aliphatic carbocycles. The maximum atomic E-state index is 5.75. The van der Waals surface area contributed by atoms with Gasteiger partial charge in [-0.25, -0.2) is 0 Å². The van der Waals surface area contributed by atoms with E-state index >= 15 is 0 Å². The second-order valence-electron chi connectivity index (χ2n) is 5.03. The molecule has 0 bridgehead atoms. The fourth-order valence-electron chi connectivity index (χ4n) is 2.60. The summed E-state index contributed by atoms with van der Waals surface area (Å²) < 4.78 is 11.3. The van der Waals surface area contributed by atoms with Crippen LogP contribution in [0.1, 0.15) is 33.6 Å². The minimum atomic E-state index is 0.335. The Morgan fingerprint density at radius 3 is 2.67 bits per heavy atom. The minimum absolute atomic E-state index is 0.335. The summed E-state index contributed by atoms with van der Waals surface area (Å²) in [6.07, 6.45) is 2.79. The Hall–Kier alpha value is -1.22. The summed E-state index contributed by atoms with van der Waals surface area (Å²) >= 11 is 0. The van der Waals surface area contributed by atoms with E-state index in [1.54, 1.807) is 0 Å². The molecule has 1 heterocycles. The summed E-state index contributed by atoms with van der Waals surface area (Å²) in [5, 5.41) is 3.58. The summed E-state index contributed by atoms with van der Waals surface area (Å²) in [7, 11) is 0. The van der Waals surface area contributed by atoms with Gasteiger partial charge in [0.1, 0.15) is 5.75 Å². The van der Waals surface area contributed by atoms with Gasteiger partial charge in [0, 0.05) is 17.8 Å². The van der Waals surface area contributed by atoms with Crippen molar-refractivity contribution in [2.75, 3.05) is 11.9 Å². The van der Waals surface area contributed by atoms with Gasteiger partial charge in [0.25, 0.3) is 0 Å². The molecule has 0 amide bonds. The largest absolute Gasteiger partial charge is 0.494 e. The fraction of sp³-hybridized carbons (Fsp3) is 0.600. The van der Waals surface area contributed by atoms with Crippen LogP contribution in [-0.4, -0.2) is 24.9 Å². The fourth-order valence-corrected chi connectivity index (χ4v) is 2.60. The number of benzene rings is 1. The molecule has 1 aromatic carbocycles. The predicted octanol–water partition coefficient (Wildman–Crippen LogP) is 3.45. The van der Waals surface area contributed by atoms with Crippen molar-refractivity contribution >= 4 is 5.69 Å². The number of hydrogen-bond donors (Lipinski definition) is 1. The Morgan fingerprint density at radius 1 is 1.28 bits per heavy atom. The zero-order valence-electron chi connectivity index (χ0n) is 11.5. The highest BCUT2D eigenvalue weighted by atomic mass is 16.5. The van der Waals surface area contributed by atoms with Crippen molar-refractivity contribution in [3.63, 3.8) is 0 Å². The summed E-state index contributed by atoms with van der Waals surface area (Å²) in [4.78, 5) is 0. The third kappa shape index (κ3) is 3.64. The summed E-state index contributed by atoms with van der Waals surface area (Å²) in [5.41, 5.74) is 1.13. The van der Waals surface area contributed by atoms with E-state index in [4.69, 9.17) is 9.47 Å². The monoisotopic (exact) mass is 249 g/mol. The molecule has 1 aliphatic rings. The SMILES string of the molecule is CCOc1cccc(NC2CC(C)OC(C)C2)c1. The third-order valence-corrected chi connectivity index (χ3v) is 3.21. The lowest BCUT2D eigenvalue weighted by atomic mass is 9.99. The van der Waals surface area contributed by atoms with Crippen molar-refractivity contribution in [1.29, 1.82) is 0 Å². The molecule has 1 N–H and O–H groups in total. The molecule has 1 aromatic rings. The predicted molar refractivity (Wildman–Crippen MR) is 74.3 cm³/mol. The number of ether oxygens (including phenoxy) is 2. The van der Waals surface area contributed by atoms with Crippen molar-refractivity contribution in [2.45, 2.75) is 51.9 Å². The lowest BCUT2D eigenvalue weighted by Crippen LogP contribution is -2.36. The van der Waals surface area contributed by atoms with Crippen molar-refractivity contribution in [3.05, 3.63) is 24.3 Å². The number of rotatable bonds is 4. The van der Waals surface area contributed by atoms with Gasteiger partial charge in [-0.15, -0.1) is 0 Å². The molecular formula is C15H23NO2. The van der Waals surface area contributed by atoms with Crippen molar-refractivity contribution in [3.8, 4) is 5.75 Å². The Morgan fingerprint density at radius 2 is 2.00 bits per heavy atom. The van der Waals surface area contributed by atoms with Gasteiger partial charge < -0.3 is 14.8 Å². The maximum Gasteiger partial charge on any atom is 0.121 e. The van der Waals surface area contributed by atoms with Crippen LogP contribution in [0.5, 0.6) is 5.75 Å². The molecule has 1 saturated heterocycles. The summed E-state index contributed by atoms with van der Waals surface area (Å²) in [6.45, 7) is 6.98. The quantitative estimate of drug-likeness (QED) is 0.886. The van der Waals surface area contributed by atoms with E-state index in [9.17, 15) is 0 Å².